The van der Waals surface area contributed by atoms with Gasteiger partial charge in [0.1, 0.15) is 0 Å². The van der Waals surface area contributed by atoms with Crippen molar-refractivity contribution in [1.82, 2.24) is 20.4 Å². The molecule has 174 valence electrons. The van der Waals surface area contributed by atoms with Crippen molar-refractivity contribution in [3.63, 3.8) is 0 Å². The number of rotatable bonds is 10. The highest BCUT2D eigenvalue weighted by Gasteiger charge is 2.26. The minimum absolute atomic E-state index is 0.0448. The van der Waals surface area contributed by atoms with Crippen molar-refractivity contribution in [3.05, 3.63) is 22.4 Å². The van der Waals surface area contributed by atoms with Gasteiger partial charge in [0, 0.05) is 43.5 Å². The molecular weight excluding hydrogens is 412 g/mol. The van der Waals surface area contributed by atoms with Gasteiger partial charge in [-0.05, 0) is 49.7 Å². The van der Waals surface area contributed by atoms with Gasteiger partial charge in [0.05, 0.1) is 19.3 Å². The average Bonchev–Trinajstić information content (AvgIpc) is 3.26. The van der Waals surface area contributed by atoms with Crippen LogP contribution < -0.4 is 10.6 Å². The first-order valence-electron chi connectivity index (χ1n) is 11.6. The Morgan fingerprint density at radius 3 is 2.71 bits per heavy atom. The maximum Gasteiger partial charge on any atom is 0.234 e. The number of hydrogen-bond donors (Lipinski definition) is 2. The van der Waals surface area contributed by atoms with Crippen LogP contribution in [0, 0.1) is 11.8 Å². The van der Waals surface area contributed by atoms with Crippen LogP contribution >= 0.6 is 11.3 Å². The minimum Gasteiger partial charge on any atom is -0.374 e. The summed E-state index contributed by atoms with van der Waals surface area (Å²) in [6.45, 7) is 11.3. The van der Waals surface area contributed by atoms with E-state index in [1.54, 1.807) is 11.3 Å². The largest absolute Gasteiger partial charge is 0.374 e. The molecule has 7 nitrogen and oxygen atoms in total. The Hall–Kier alpha value is -1.48. The zero-order valence-corrected chi connectivity index (χ0v) is 19.8. The maximum atomic E-state index is 12.4. The molecule has 31 heavy (non-hydrogen) atoms. The van der Waals surface area contributed by atoms with Crippen LogP contribution in [0.5, 0.6) is 0 Å². The molecule has 1 aromatic heterocycles. The quantitative estimate of drug-likeness (QED) is 0.566. The van der Waals surface area contributed by atoms with Crippen LogP contribution in [0.15, 0.2) is 17.5 Å². The number of carbonyl (C=O) groups excluding carboxylic acids is 2. The van der Waals surface area contributed by atoms with Crippen LogP contribution in [0.25, 0.3) is 0 Å². The van der Waals surface area contributed by atoms with E-state index in [9.17, 15) is 9.59 Å². The lowest BCUT2D eigenvalue weighted by Gasteiger charge is -2.34. The Bertz CT molecular complexity index is 674. The molecule has 0 aliphatic carbocycles. The number of morpholine rings is 1. The van der Waals surface area contributed by atoms with Crippen LogP contribution in [0.2, 0.25) is 0 Å². The first kappa shape index (κ1) is 24.2. The van der Waals surface area contributed by atoms with Gasteiger partial charge in [-0.15, -0.1) is 11.3 Å². The van der Waals surface area contributed by atoms with Gasteiger partial charge in [0.2, 0.25) is 11.8 Å². The third-order valence-corrected chi connectivity index (χ3v) is 6.89. The molecular formula is C23H38N4O3S. The second-order valence-corrected chi connectivity index (χ2v) is 10.2. The van der Waals surface area contributed by atoms with Gasteiger partial charge in [-0.1, -0.05) is 19.9 Å². The summed E-state index contributed by atoms with van der Waals surface area (Å²) < 4.78 is 5.81. The Labute approximate surface area is 190 Å². The van der Waals surface area contributed by atoms with E-state index in [2.05, 4.69) is 45.7 Å². The molecule has 0 radical (unpaired) electrons. The van der Waals surface area contributed by atoms with Crippen molar-refractivity contribution in [2.75, 3.05) is 59.0 Å². The van der Waals surface area contributed by atoms with Gasteiger partial charge in [0.15, 0.2) is 0 Å². The molecule has 1 unspecified atom stereocenters. The molecule has 2 fully saturated rings. The van der Waals surface area contributed by atoms with E-state index >= 15 is 0 Å². The minimum atomic E-state index is 0.0448. The first-order valence-corrected chi connectivity index (χ1v) is 12.5. The molecule has 3 rings (SSSR count). The highest BCUT2D eigenvalue weighted by Crippen LogP contribution is 2.17. The average molecular weight is 451 g/mol. The van der Waals surface area contributed by atoms with Crippen LogP contribution in [0.4, 0.5) is 0 Å². The highest BCUT2D eigenvalue weighted by molar-refractivity contribution is 7.09. The molecule has 1 aromatic rings. The summed E-state index contributed by atoms with van der Waals surface area (Å²) >= 11 is 1.73. The summed E-state index contributed by atoms with van der Waals surface area (Å²) in [6, 6.07) is 4.14. The fourth-order valence-electron chi connectivity index (χ4n) is 4.33. The predicted molar refractivity (Wildman–Crippen MR) is 124 cm³/mol. The van der Waals surface area contributed by atoms with E-state index in [0.29, 0.717) is 25.6 Å². The van der Waals surface area contributed by atoms with Gasteiger partial charge in [0.25, 0.3) is 0 Å². The zero-order chi connectivity index (χ0) is 22.1. The topological polar surface area (TPSA) is 73.9 Å². The number of nitrogens with zero attached hydrogens (tertiary/aromatic N) is 2. The van der Waals surface area contributed by atoms with Gasteiger partial charge < -0.3 is 15.4 Å². The van der Waals surface area contributed by atoms with Crippen LogP contribution in [0.3, 0.4) is 0 Å². The summed E-state index contributed by atoms with van der Waals surface area (Å²) in [6.07, 6.45) is 2.59. The SMILES string of the molecule is CC(C)CN1CCOC(CNC(=O)CN2CCC(C(=O)NCCc3cccs3)CC2)C1. The van der Waals surface area contributed by atoms with E-state index in [-0.39, 0.29) is 23.8 Å². The van der Waals surface area contributed by atoms with E-state index in [0.717, 1.165) is 58.6 Å². The Balaban J connectivity index is 1.27. The second kappa shape index (κ2) is 12.5. The molecule has 2 amide bonds. The lowest BCUT2D eigenvalue weighted by molar-refractivity contribution is -0.127. The molecule has 1 atom stereocenters. The fraction of sp³-hybridized carbons (Fsp3) is 0.739. The molecule has 0 bridgehead atoms. The number of nitrogens with one attached hydrogen (secondary N) is 2. The van der Waals surface area contributed by atoms with Crippen molar-refractivity contribution >= 4 is 23.2 Å². The molecule has 0 saturated carbocycles. The fourth-order valence-corrected chi connectivity index (χ4v) is 5.04. The lowest BCUT2D eigenvalue weighted by Crippen LogP contribution is -2.50. The number of ether oxygens (including phenoxy) is 1. The summed E-state index contributed by atoms with van der Waals surface area (Å²) in [4.78, 5) is 30.7. The molecule has 0 aromatic carbocycles. The lowest BCUT2D eigenvalue weighted by atomic mass is 9.96. The second-order valence-electron chi connectivity index (χ2n) is 9.12. The smallest absolute Gasteiger partial charge is 0.234 e. The van der Waals surface area contributed by atoms with Crippen LogP contribution in [-0.4, -0.2) is 86.7 Å². The van der Waals surface area contributed by atoms with Crippen molar-refractivity contribution < 1.29 is 14.3 Å². The van der Waals surface area contributed by atoms with Crippen molar-refractivity contribution in [1.29, 1.82) is 0 Å². The number of likely N-dealkylation sites (tertiary alicyclic amines) is 1. The standard InChI is InChI=1S/C23H38N4O3S/c1-18(2)15-27-11-12-30-20(16-27)14-25-22(28)17-26-9-6-19(7-10-26)23(29)24-8-5-21-4-3-13-31-21/h3-4,13,18-20H,5-12,14-17H2,1-2H3,(H,24,29)(H,25,28). The maximum absolute atomic E-state index is 12.4. The van der Waals surface area contributed by atoms with E-state index in [1.807, 2.05) is 6.07 Å². The molecule has 2 aliphatic rings. The molecule has 3 heterocycles. The highest BCUT2D eigenvalue weighted by atomic mass is 32.1. The first-order chi connectivity index (χ1) is 15.0. The van der Waals surface area contributed by atoms with Crippen molar-refractivity contribution in [2.24, 2.45) is 11.8 Å². The third kappa shape index (κ3) is 8.52. The summed E-state index contributed by atoms with van der Waals surface area (Å²) in [7, 11) is 0. The predicted octanol–water partition coefficient (Wildman–Crippen LogP) is 1.59. The van der Waals surface area contributed by atoms with E-state index in [1.165, 1.54) is 4.88 Å². The molecule has 2 aliphatic heterocycles. The van der Waals surface area contributed by atoms with Gasteiger partial charge in [-0.25, -0.2) is 0 Å². The number of piperidine rings is 1. The summed E-state index contributed by atoms with van der Waals surface area (Å²) in [5.74, 6) is 0.897. The number of hydrogen-bond acceptors (Lipinski definition) is 6. The summed E-state index contributed by atoms with van der Waals surface area (Å²) in [5.41, 5.74) is 0. The number of thiophene rings is 1. The number of amides is 2. The van der Waals surface area contributed by atoms with Crippen molar-refractivity contribution in [3.8, 4) is 0 Å². The van der Waals surface area contributed by atoms with E-state index < -0.39 is 0 Å². The van der Waals surface area contributed by atoms with Gasteiger partial charge in [-0.2, -0.15) is 0 Å². The van der Waals surface area contributed by atoms with Gasteiger partial charge in [-0.3, -0.25) is 19.4 Å². The number of carbonyl (C=O) groups is 2. The Kier molecular flexibility index (Phi) is 9.77. The van der Waals surface area contributed by atoms with Crippen LogP contribution in [-0.2, 0) is 20.7 Å². The third-order valence-electron chi connectivity index (χ3n) is 5.95. The molecule has 2 saturated heterocycles. The molecule has 8 heteroatoms. The zero-order valence-electron chi connectivity index (χ0n) is 19.0. The molecule has 2 N–H and O–H groups in total. The van der Waals surface area contributed by atoms with Crippen LogP contribution in [0.1, 0.15) is 31.6 Å². The monoisotopic (exact) mass is 450 g/mol. The van der Waals surface area contributed by atoms with E-state index in [4.69, 9.17) is 4.74 Å². The Morgan fingerprint density at radius 1 is 1.19 bits per heavy atom. The van der Waals surface area contributed by atoms with Gasteiger partial charge >= 0.3 is 0 Å². The molecule has 0 spiro atoms. The normalized spacial score (nSPS) is 21.3. The van der Waals surface area contributed by atoms with Crippen molar-refractivity contribution in [2.45, 2.75) is 39.2 Å². The Morgan fingerprint density at radius 2 is 2.00 bits per heavy atom. The summed E-state index contributed by atoms with van der Waals surface area (Å²) in [5, 5.41) is 8.17.